The number of benzene rings is 1. The standard InChI is InChI=1S/C19H20N6O2/c1-11(2)15-8-14(23-19-21-10-22-25(15)19)18(27)24-9-13-6-4-3-5-12(13)7-16(24)17(20)26/h3-6,8,10-11,16H,7,9H2,1-2H3,(H2,20,26)/t16-/m0/s1. The summed E-state index contributed by atoms with van der Waals surface area (Å²) >= 11 is 0. The SMILES string of the molecule is CC(C)c1cc(C(=O)N2Cc3ccccc3C[C@H]2C(N)=O)nc2ncnn12. The fraction of sp³-hybridized carbons (Fsp3) is 0.316. The Kier molecular flexibility index (Phi) is 4.10. The lowest BCUT2D eigenvalue weighted by molar-refractivity contribution is -0.122. The molecule has 1 aliphatic rings. The number of aromatic nitrogens is 4. The number of nitrogens with two attached hydrogens (primary N) is 1. The first-order valence-corrected chi connectivity index (χ1v) is 8.83. The van der Waals surface area contributed by atoms with Crippen LogP contribution in [-0.4, -0.2) is 42.3 Å². The van der Waals surface area contributed by atoms with Crippen molar-refractivity contribution in [2.24, 2.45) is 5.73 Å². The van der Waals surface area contributed by atoms with Gasteiger partial charge in [0.2, 0.25) is 5.91 Å². The van der Waals surface area contributed by atoms with Crippen LogP contribution in [0.25, 0.3) is 5.78 Å². The second kappa shape index (κ2) is 6.46. The molecule has 3 heterocycles. The molecule has 2 amide bonds. The predicted octanol–water partition coefficient (Wildman–Crippen LogP) is 1.30. The fourth-order valence-corrected chi connectivity index (χ4v) is 3.49. The minimum absolute atomic E-state index is 0.123. The Bertz CT molecular complexity index is 1040. The third-order valence-electron chi connectivity index (χ3n) is 4.93. The quantitative estimate of drug-likeness (QED) is 0.754. The normalized spacial score (nSPS) is 16.6. The highest BCUT2D eigenvalue weighted by Crippen LogP contribution is 2.25. The molecule has 27 heavy (non-hydrogen) atoms. The van der Waals surface area contributed by atoms with Crippen molar-refractivity contribution in [3.63, 3.8) is 0 Å². The zero-order chi connectivity index (χ0) is 19.1. The zero-order valence-electron chi connectivity index (χ0n) is 15.2. The molecule has 0 saturated heterocycles. The highest BCUT2D eigenvalue weighted by Gasteiger charge is 2.34. The lowest BCUT2D eigenvalue weighted by Gasteiger charge is -2.35. The van der Waals surface area contributed by atoms with Crippen LogP contribution in [0.15, 0.2) is 36.7 Å². The molecule has 138 valence electrons. The monoisotopic (exact) mass is 364 g/mol. The Morgan fingerprint density at radius 1 is 1.22 bits per heavy atom. The van der Waals surface area contributed by atoms with E-state index in [9.17, 15) is 9.59 Å². The van der Waals surface area contributed by atoms with Gasteiger partial charge in [-0.15, -0.1) is 0 Å². The van der Waals surface area contributed by atoms with Crippen molar-refractivity contribution in [3.05, 3.63) is 59.2 Å². The van der Waals surface area contributed by atoms with Gasteiger partial charge in [-0.25, -0.2) is 9.50 Å². The number of amides is 2. The van der Waals surface area contributed by atoms with Crippen molar-refractivity contribution >= 4 is 17.6 Å². The van der Waals surface area contributed by atoms with E-state index in [0.29, 0.717) is 18.7 Å². The molecule has 0 unspecified atom stereocenters. The number of rotatable bonds is 3. The maximum Gasteiger partial charge on any atom is 0.273 e. The molecule has 2 N–H and O–H groups in total. The third-order valence-corrected chi connectivity index (χ3v) is 4.93. The molecule has 8 nitrogen and oxygen atoms in total. The molecule has 1 aromatic carbocycles. The van der Waals surface area contributed by atoms with Crippen LogP contribution >= 0.6 is 0 Å². The van der Waals surface area contributed by atoms with Crippen LogP contribution in [0.1, 0.15) is 47.1 Å². The summed E-state index contributed by atoms with van der Waals surface area (Å²) in [6, 6.07) is 8.78. The minimum Gasteiger partial charge on any atom is -0.368 e. The van der Waals surface area contributed by atoms with E-state index >= 15 is 0 Å². The molecule has 4 rings (SSSR count). The molecule has 1 aliphatic heterocycles. The topological polar surface area (TPSA) is 106 Å². The van der Waals surface area contributed by atoms with E-state index in [1.54, 1.807) is 10.6 Å². The molecule has 3 aromatic rings. The molecule has 0 fully saturated rings. The summed E-state index contributed by atoms with van der Waals surface area (Å²) in [5.41, 5.74) is 8.72. The first-order valence-electron chi connectivity index (χ1n) is 8.83. The molecule has 0 spiro atoms. The number of hydrogen-bond acceptors (Lipinski definition) is 5. The summed E-state index contributed by atoms with van der Waals surface area (Å²) in [5, 5.41) is 4.17. The predicted molar refractivity (Wildman–Crippen MR) is 97.9 cm³/mol. The van der Waals surface area contributed by atoms with Gasteiger partial charge in [-0.2, -0.15) is 10.1 Å². The van der Waals surface area contributed by atoms with E-state index < -0.39 is 11.9 Å². The zero-order valence-corrected chi connectivity index (χ0v) is 15.2. The number of fused-ring (bicyclic) bond motifs is 2. The van der Waals surface area contributed by atoms with Crippen molar-refractivity contribution in [2.45, 2.75) is 38.8 Å². The Labute approximate surface area is 156 Å². The van der Waals surface area contributed by atoms with E-state index in [1.165, 1.54) is 11.2 Å². The summed E-state index contributed by atoms with van der Waals surface area (Å²) in [6.07, 6.45) is 1.81. The molecule has 0 aliphatic carbocycles. The number of carbonyl (C=O) groups excluding carboxylic acids is 2. The smallest absolute Gasteiger partial charge is 0.273 e. The van der Waals surface area contributed by atoms with Crippen LogP contribution in [0.4, 0.5) is 0 Å². The maximum absolute atomic E-state index is 13.3. The van der Waals surface area contributed by atoms with Gasteiger partial charge in [0.1, 0.15) is 18.1 Å². The molecular formula is C19H20N6O2. The fourth-order valence-electron chi connectivity index (χ4n) is 3.49. The second-order valence-electron chi connectivity index (χ2n) is 7.02. The Morgan fingerprint density at radius 3 is 2.67 bits per heavy atom. The average Bonchev–Trinajstić information content (AvgIpc) is 3.13. The third kappa shape index (κ3) is 2.92. The number of carbonyl (C=O) groups is 2. The van der Waals surface area contributed by atoms with Crippen LogP contribution < -0.4 is 5.73 Å². The highest BCUT2D eigenvalue weighted by atomic mass is 16.2. The van der Waals surface area contributed by atoms with Gasteiger partial charge in [0.05, 0.1) is 5.69 Å². The summed E-state index contributed by atoms with van der Waals surface area (Å²) < 4.78 is 1.62. The van der Waals surface area contributed by atoms with Gasteiger partial charge in [0.15, 0.2) is 0 Å². The summed E-state index contributed by atoms with van der Waals surface area (Å²) in [5.74, 6) is -0.374. The van der Waals surface area contributed by atoms with Gasteiger partial charge in [-0.05, 0) is 23.1 Å². The van der Waals surface area contributed by atoms with E-state index in [2.05, 4.69) is 15.1 Å². The molecule has 8 heteroatoms. The second-order valence-corrected chi connectivity index (χ2v) is 7.02. The van der Waals surface area contributed by atoms with E-state index in [-0.39, 0.29) is 17.5 Å². The lowest BCUT2D eigenvalue weighted by Crippen LogP contribution is -2.51. The van der Waals surface area contributed by atoms with E-state index in [0.717, 1.165) is 16.8 Å². The lowest BCUT2D eigenvalue weighted by atomic mass is 9.93. The van der Waals surface area contributed by atoms with Crippen molar-refractivity contribution in [3.8, 4) is 0 Å². The Balaban J connectivity index is 1.77. The first kappa shape index (κ1) is 17.1. The van der Waals surface area contributed by atoms with Crippen molar-refractivity contribution in [2.75, 3.05) is 0 Å². The molecule has 1 atom stereocenters. The largest absolute Gasteiger partial charge is 0.368 e. The summed E-state index contributed by atoms with van der Waals surface area (Å²) in [7, 11) is 0. The first-order chi connectivity index (χ1) is 13.0. The van der Waals surface area contributed by atoms with Crippen molar-refractivity contribution < 1.29 is 9.59 Å². The van der Waals surface area contributed by atoms with E-state index in [4.69, 9.17) is 5.73 Å². The van der Waals surface area contributed by atoms with Crippen LogP contribution in [0.3, 0.4) is 0 Å². The molecule has 2 aromatic heterocycles. The van der Waals surface area contributed by atoms with E-state index in [1.807, 2.05) is 38.1 Å². The minimum atomic E-state index is -0.703. The van der Waals surface area contributed by atoms with Gasteiger partial charge in [0, 0.05) is 13.0 Å². The number of hydrogen-bond donors (Lipinski definition) is 1. The van der Waals surface area contributed by atoms with Crippen LogP contribution in [-0.2, 0) is 17.8 Å². The van der Waals surface area contributed by atoms with Crippen LogP contribution in [0, 0.1) is 0 Å². The van der Waals surface area contributed by atoms with Gasteiger partial charge in [-0.1, -0.05) is 38.1 Å². The maximum atomic E-state index is 13.3. The average molecular weight is 364 g/mol. The summed E-state index contributed by atoms with van der Waals surface area (Å²) in [6.45, 7) is 4.33. The van der Waals surface area contributed by atoms with Gasteiger partial charge < -0.3 is 10.6 Å². The van der Waals surface area contributed by atoms with Gasteiger partial charge in [-0.3, -0.25) is 9.59 Å². The number of primary amides is 1. The van der Waals surface area contributed by atoms with Gasteiger partial charge >= 0.3 is 0 Å². The molecular weight excluding hydrogens is 344 g/mol. The Morgan fingerprint density at radius 2 is 1.96 bits per heavy atom. The molecule has 0 saturated carbocycles. The highest BCUT2D eigenvalue weighted by molar-refractivity contribution is 5.96. The summed E-state index contributed by atoms with van der Waals surface area (Å²) in [4.78, 5) is 35.3. The van der Waals surface area contributed by atoms with Gasteiger partial charge in [0.25, 0.3) is 11.7 Å². The number of nitrogens with zero attached hydrogens (tertiary/aromatic N) is 5. The van der Waals surface area contributed by atoms with Crippen LogP contribution in [0.2, 0.25) is 0 Å². The van der Waals surface area contributed by atoms with Crippen LogP contribution in [0.5, 0.6) is 0 Å². The Hall–Kier alpha value is -3.29. The molecule has 0 bridgehead atoms. The molecule has 0 radical (unpaired) electrons. The van der Waals surface area contributed by atoms with Crippen molar-refractivity contribution in [1.29, 1.82) is 0 Å². The van der Waals surface area contributed by atoms with Crippen molar-refractivity contribution in [1.82, 2.24) is 24.5 Å².